The van der Waals surface area contributed by atoms with Crippen molar-refractivity contribution >= 4 is 50.7 Å². The molecule has 0 aromatic carbocycles. The zero-order valence-electron chi connectivity index (χ0n) is 5.15. The molecule has 0 unspecified atom stereocenters. The number of rotatable bonds is 1. The largest absolute Gasteiger partial charge is 0.356 e. The number of aromatic nitrogens is 1. The Morgan fingerprint density at radius 3 is 2.45 bits per heavy atom. The summed E-state index contributed by atoms with van der Waals surface area (Å²) >= 11 is 19.7. The molecule has 0 radical (unpaired) electrons. The number of hydrogen-bond donors (Lipinski definition) is 0. The Bertz CT molecular complexity index is 244. The lowest BCUT2D eigenvalue weighted by atomic mass is 10.4. The molecule has 11 heavy (non-hydrogen) atoms. The summed E-state index contributed by atoms with van der Waals surface area (Å²) in [5.41, 5.74) is 0.700. The standard InChI is InChI=1S/C5H3BrCl3NO/c6-2-3-1-4(11-10-3)5(7,8)9/h1H,2H2. The molecule has 2 nitrogen and oxygen atoms in total. The lowest BCUT2D eigenvalue weighted by molar-refractivity contribution is 0.383. The number of hydrogen-bond acceptors (Lipinski definition) is 2. The minimum atomic E-state index is -1.52. The van der Waals surface area contributed by atoms with Gasteiger partial charge < -0.3 is 4.52 Å². The first-order valence-electron chi connectivity index (χ1n) is 2.63. The molecule has 0 saturated carbocycles. The minimum absolute atomic E-state index is 0.233. The molecule has 0 N–H and O–H groups in total. The van der Waals surface area contributed by atoms with Gasteiger partial charge in [-0.25, -0.2) is 0 Å². The lowest BCUT2D eigenvalue weighted by Gasteiger charge is -2.02. The molecule has 1 heterocycles. The van der Waals surface area contributed by atoms with E-state index in [1.807, 2.05) is 0 Å². The fraction of sp³-hybridized carbons (Fsp3) is 0.400. The molecule has 0 aliphatic carbocycles. The zero-order valence-corrected chi connectivity index (χ0v) is 9.01. The summed E-state index contributed by atoms with van der Waals surface area (Å²) in [6.45, 7) is 0. The van der Waals surface area contributed by atoms with Gasteiger partial charge in [-0.15, -0.1) is 0 Å². The Hall–Kier alpha value is 0.560. The Labute approximate surface area is 86.9 Å². The normalized spacial score (nSPS) is 12.0. The fourth-order valence-electron chi connectivity index (χ4n) is 0.508. The van der Waals surface area contributed by atoms with Gasteiger partial charge in [0.25, 0.3) is 3.79 Å². The first-order chi connectivity index (χ1) is 5.04. The van der Waals surface area contributed by atoms with E-state index in [0.29, 0.717) is 11.0 Å². The van der Waals surface area contributed by atoms with Crippen molar-refractivity contribution in [2.24, 2.45) is 0 Å². The van der Waals surface area contributed by atoms with Crippen molar-refractivity contribution in [3.8, 4) is 0 Å². The molecule has 1 aromatic heterocycles. The van der Waals surface area contributed by atoms with Crippen LogP contribution in [-0.2, 0) is 9.12 Å². The van der Waals surface area contributed by atoms with Gasteiger partial charge in [0.1, 0.15) is 0 Å². The molecule has 0 bridgehead atoms. The van der Waals surface area contributed by atoms with Crippen LogP contribution in [0.3, 0.4) is 0 Å². The van der Waals surface area contributed by atoms with Crippen LogP contribution in [-0.4, -0.2) is 5.16 Å². The molecule has 62 valence electrons. The van der Waals surface area contributed by atoms with Crippen LogP contribution < -0.4 is 0 Å². The highest BCUT2D eigenvalue weighted by Crippen LogP contribution is 2.38. The molecule has 0 aliphatic rings. The molecule has 1 aromatic rings. The summed E-state index contributed by atoms with van der Waals surface area (Å²) in [5, 5.41) is 4.21. The van der Waals surface area contributed by atoms with Gasteiger partial charge in [-0.2, -0.15) is 0 Å². The quantitative estimate of drug-likeness (QED) is 0.736. The average Bonchev–Trinajstić information content (AvgIpc) is 2.32. The van der Waals surface area contributed by atoms with Crippen molar-refractivity contribution in [2.75, 3.05) is 0 Å². The maximum atomic E-state index is 5.51. The topological polar surface area (TPSA) is 26.0 Å². The number of alkyl halides is 4. The monoisotopic (exact) mass is 277 g/mol. The van der Waals surface area contributed by atoms with E-state index in [1.54, 1.807) is 6.07 Å². The Morgan fingerprint density at radius 2 is 2.18 bits per heavy atom. The highest BCUT2D eigenvalue weighted by molar-refractivity contribution is 9.08. The van der Waals surface area contributed by atoms with Crippen LogP contribution in [0, 0.1) is 0 Å². The SMILES string of the molecule is ClC(Cl)(Cl)c1cc(CBr)no1. The van der Waals surface area contributed by atoms with Crippen LogP contribution >= 0.6 is 50.7 Å². The van der Waals surface area contributed by atoms with Gasteiger partial charge in [0, 0.05) is 11.4 Å². The van der Waals surface area contributed by atoms with E-state index in [1.165, 1.54) is 0 Å². The molecule has 0 atom stereocenters. The van der Waals surface area contributed by atoms with Crippen LogP contribution in [0.15, 0.2) is 10.6 Å². The van der Waals surface area contributed by atoms with E-state index in [0.717, 1.165) is 0 Å². The van der Waals surface area contributed by atoms with Crippen LogP contribution in [0.4, 0.5) is 0 Å². The Morgan fingerprint density at radius 1 is 1.55 bits per heavy atom. The van der Waals surface area contributed by atoms with Crippen molar-refractivity contribution in [1.82, 2.24) is 5.16 Å². The minimum Gasteiger partial charge on any atom is -0.356 e. The van der Waals surface area contributed by atoms with Gasteiger partial charge in [0.2, 0.25) is 0 Å². The molecule has 0 fully saturated rings. The van der Waals surface area contributed by atoms with E-state index in [9.17, 15) is 0 Å². The van der Waals surface area contributed by atoms with Crippen molar-refractivity contribution in [3.05, 3.63) is 17.5 Å². The molecular weight excluding hydrogens is 276 g/mol. The summed E-state index contributed by atoms with van der Waals surface area (Å²) in [4.78, 5) is 0. The van der Waals surface area contributed by atoms with Crippen LogP contribution in [0.1, 0.15) is 11.5 Å². The van der Waals surface area contributed by atoms with Crippen molar-refractivity contribution in [1.29, 1.82) is 0 Å². The second-order valence-electron chi connectivity index (χ2n) is 1.81. The Balaban J connectivity index is 2.89. The predicted octanol–water partition coefficient (Wildman–Crippen LogP) is 3.40. The molecule has 0 saturated heterocycles. The average molecular weight is 279 g/mol. The van der Waals surface area contributed by atoms with Crippen molar-refractivity contribution < 1.29 is 4.52 Å². The van der Waals surface area contributed by atoms with Crippen LogP contribution in [0.2, 0.25) is 0 Å². The predicted molar refractivity (Wildman–Crippen MR) is 48.4 cm³/mol. The molecule has 6 heteroatoms. The van der Waals surface area contributed by atoms with Crippen LogP contribution in [0.5, 0.6) is 0 Å². The summed E-state index contributed by atoms with van der Waals surface area (Å²) in [7, 11) is 0. The first-order valence-corrected chi connectivity index (χ1v) is 4.88. The summed E-state index contributed by atoms with van der Waals surface area (Å²) < 4.78 is 3.22. The maximum absolute atomic E-state index is 5.51. The summed E-state index contributed by atoms with van der Waals surface area (Å²) in [5.74, 6) is 0.233. The first kappa shape index (κ1) is 9.65. The lowest BCUT2D eigenvalue weighted by Crippen LogP contribution is -1.96. The molecule has 0 aliphatic heterocycles. The number of nitrogens with zero attached hydrogens (tertiary/aromatic N) is 1. The van der Waals surface area contributed by atoms with Gasteiger partial charge in [0.15, 0.2) is 5.76 Å². The molecule has 0 amide bonds. The summed E-state index contributed by atoms with van der Waals surface area (Å²) in [6, 6.07) is 1.59. The van der Waals surface area contributed by atoms with E-state index < -0.39 is 3.79 Å². The van der Waals surface area contributed by atoms with E-state index in [4.69, 9.17) is 39.3 Å². The van der Waals surface area contributed by atoms with Gasteiger partial charge >= 0.3 is 0 Å². The third kappa shape index (κ3) is 2.51. The highest BCUT2D eigenvalue weighted by atomic mass is 79.9. The van der Waals surface area contributed by atoms with Gasteiger partial charge in [-0.1, -0.05) is 55.9 Å². The summed E-state index contributed by atoms with van der Waals surface area (Å²) in [6.07, 6.45) is 0. The van der Waals surface area contributed by atoms with Gasteiger partial charge in [0.05, 0.1) is 5.69 Å². The fourth-order valence-corrected chi connectivity index (χ4v) is 1.04. The molecular formula is C5H3BrCl3NO. The second kappa shape index (κ2) is 3.52. The van der Waals surface area contributed by atoms with E-state index in [-0.39, 0.29) is 5.76 Å². The Kier molecular flexibility index (Phi) is 3.09. The third-order valence-corrected chi connectivity index (χ3v) is 2.11. The van der Waals surface area contributed by atoms with Crippen LogP contribution in [0.25, 0.3) is 0 Å². The van der Waals surface area contributed by atoms with Gasteiger partial charge in [-0.3, -0.25) is 0 Å². The zero-order chi connectivity index (χ0) is 8.48. The third-order valence-electron chi connectivity index (χ3n) is 0.975. The van der Waals surface area contributed by atoms with Crippen molar-refractivity contribution in [3.63, 3.8) is 0 Å². The smallest absolute Gasteiger partial charge is 0.250 e. The van der Waals surface area contributed by atoms with E-state index in [2.05, 4.69) is 21.1 Å². The van der Waals surface area contributed by atoms with Gasteiger partial charge in [-0.05, 0) is 0 Å². The van der Waals surface area contributed by atoms with E-state index >= 15 is 0 Å². The molecule has 0 spiro atoms. The van der Waals surface area contributed by atoms with Crippen molar-refractivity contribution in [2.45, 2.75) is 9.12 Å². The number of halogens is 4. The molecule has 1 rings (SSSR count). The second-order valence-corrected chi connectivity index (χ2v) is 4.66. The maximum Gasteiger partial charge on any atom is 0.250 e. The highest BCUT2D eigenvalue weighted by Gasteiger charge is 2.28.